The molecule has 5 heteroatoms. The van der Waals surface area contributed by atoms with Gasteiger partial charge in [-0.05, 0) is 49.7 Å². The Labute approximate surface area is 174 Å². The fraction of sp³-hybridized carbons (Fsp3) is 0.120. The van der Waals surface area contributed by atoms with E-state index in [1.807, 2.05) is 56.3 Å². The lowest BCUT2D eigenvalue weighted by atomic mass is 10.0. The van der Waals surface area contributed by atoms with Gasteiger partial charge in [0.1, 0.15) is 0 Å². The lowest BCUT2D eigenvalue weighted by Gasteiger charge is -2.08. The van der Waals surface area contributed by atoms with Gasteiger partial charge in [0.2, 0.25) is 5.78 Å². The Morgan fingerprint density at radius 2 is 1.63 bits per heavy atom. The third kappa shape index (κ3) is 4.10. The van der Waals surface area contributed by atoms with Gasteiger partial charge in [0.15, 0.2) is 6.61 Å². The van der Waals surface area contributed by atoms with E-state index in [9.17, 15) is 9.59 Å². The van der Waals surface area contributed by atoms with Crippen molar-refractivity contribution in [2.75, 3.05) is 6.61 Å². The van der Waals surface area contributed by atoms with Gasteiger partial charge in [-0.2, -0.15) is 0 Å². The zero-order chi connectivity index (χ0) is 21.1. The van der Waals surface area contributed by atoms with Gasteiger partial charge in [0, 0.05) is 11.1 Å². The van der Waals surface area contributed by atoms with Gasteiger partial charge in [-0.3, -0.25) is 9.78 Å². The first kappa shape index (κ1) is 19.5. The number of ether oxygens (including phenoxy) is 1. The molecule has 0 atom stereocenters. The summed E-state index contributed by atoms with van der Waals surface area (Å²) in [6, 6.07) is 20.2. The SMILES string of the molecule is Cc1ccc(C)c(C(=O)COC(=O)c2ccc(-c3cnc4ccccc4n3)cc2)c1. The van der Waals surface area contributed by atoms with Crippen molar-refractivity contribution in [3.63, 3.8) is 0 Å². The van der Waals surface area contributed by atoms with E-state index < -0.39 is 5.97 Å². The van der Waals surface area contributed by atoms with E-state index in [0.717, 1.165) is 33.4 Å². The molecular formula is C25H20N2O3. The monoisotopic (exact) mass is 396 g/mol. The number of aryl methyl sites for hydroxylation is 2. The van der Waals surface area contributed by atoms with Crippen LogP contribution in [0, 0.1) is 13.8 Å². The first-order chi connectivity index (χ1) is 14.5. The topological polar surface area (TPSA) is 69.2 Å². The number of esters is 1. The molecule has 0 aliphatic carbocycles. The molecule has 0 unspecified atom stereocenters. The Balaban J connectivity index is 1.45. The molecule has 0 amide bonds. The summed E-state index contributed by atoms with van der Waals surface area (Å²) in [5, 5.41) is 0. The fourth-order valence-electron chi connectivity index (χ4n) is 3.20. The van der Waals surface area contributed by atoms with E-state index in [-0.39, 0.29) is 12.4 Å². The summed E-state index contributed by atoms with van der Waals surface area (Å²) < 4.78 is 5.23. The Morgan fingerprint density at radius 1 is 0.900 bits per heavy atom. The minimum Gasteiger partial charge on any atom is -0.454 e. The maximum Gasteiger partial charge on any atom is 0.338 e. The molecule has 0 spiro atoms. The van der Waals surface area contributed by atoms with Crippen LogP contribution < -0.4 is 0 Å². The first-order valence-corrected chi connectivity index (χ1v) is 9.61. The third-order valence-electron chi connectivity index (χ3n) is 4.89. The van der Waals surface area contributed by atoms with Crippen LogP contribution in [0.15, 0.2) is 72.9 Å². The standard InChI is InChI=1S/C25H20N2O3/c1-16-7-8-17(2)20(13-16)24(28)15-30-25(29)19-11-9-18(10-12-19)23-14-26-21-5-3-4-6-22(21)27-23/h3-14H,15H2,1-2H3. The number of carbonyl (C=O) groups excluding carboxylic acids is 2. The van der Waals surface area contributed by atoms with Crippen LogP contribution in [0.2, 0.25) is 0 Å². The van der Waals surface area contributed by atoms with Crippen LogP contribution in [0.5, 0.6) is 0 Å². The van der Waals surface area contributed by atoms with Crippen molar-refractivity contribution < 1.29 is 14.3 Å². The normalized spacial score (nSPS) is 10.7. The van der Waals surface area contributed by atoms with Gasteiger partial charge in [-0.15, -0.1) is 0 Å². The third-order valence-corrected chi connectivity index (χ3v) is 4.89. The van der Waals surface area contributed by atoms with E-state index in [4.69, 9.17) is 4.74 Å². The van der Waals surface area contributed by atoms with Crippen LogP contribution in [-0.4, -0.2) is 28.3 Å². The zero-order valence-corrected chi connectivity index (χ0v) is 16.8. The number of para-hydroxylation sites is 2. The van der Waals surface area contributed by atoms with Crippen LogP contribution in [0.4, 0.5) is 0 Å². The Hall–Kier alpha value is -3.86. The van der Waals surface area contributed by atoms with Gasteiger partial charge in [-0.1, -0.05) is 42.0 Å². The Bertz CT molecular complexity index is 1250. The van der Waals surface area contributed by atoms with Gasteiger partial charge in [0.25, 0.3) is 0 Å². The quantitative estimate of drug-likeness (QED) is 0.352. The number of nitrogens with zero attached hydrogens (tertiary/aromatic N) is 2. The fourth-order valence-corrected chi connectivity index (χ4v) is 3.20. The molecule has 0 fully saturated rings. The van der Waals surface area contributed by atoms with E-state index >= 15 is 0 Å². The van der Waals surface area contributed by atoms with Crippen LogP contribution in [-0.2, 0) is 4.74 Å². The molecule has 0 saturated carbocycles. The molecule has 0 radical (unpaired) electrons. The van der Waals surface area contributed by atoms with Gasteiger partial charge < -0.3 is 4.74 Å². The molecule has 30 heavy (non-hydrogen) atoms. The highest BCUT2D eigenvalue weighted by Gasteiger charge is 2.14. The number of fused-ring (bicyclic) bond motifs is 1. The van der Waals surface area contributed by atoms with E-state index in [2.05, 4.69) is 9.97 Å². The molecular weight excluding hydrogens is 376 g/mol. The largest absolute Gasteiger partial charge is 0.454 e. The van der Waals surface area contributed by atoms with Crippen LogP contribution in [0.1, 0.15) is 31.8 Å². The van der Waals surface area contributed by atoms with Crippen molar-refractivity contribution >= 4 is 22.8 Å². The molecule has 4 aromatic rings. The smallest absolute Gasteiger partial charge is 0.338 e. The molecule has 0 saturated heterocycles. The van der Waals surface area contributed by atoms with Crippen LogP contribution in [0.25, 0.3) is 22.3 Å². The second-order valence-corrected chi connectivity index (χ2v) is 7.14. The molecule has 5 nitrogen and oxygen atoms in total. The van der Waals surface area contributed by atoms with Crippen molar-refractivity contribution in [3.05, 3.63) is 95.2 Å². The number of aromatic nitrogens is 2. The van der Waals surface area contributed by atoms with Gasteiger partial charge in [0.05, 0.1) is 28.5 Å². The maximum absolute atomic E-state index is 12.4. The van der Waals surface area contributed by atoms with Crippen molar-refractivity contribution in [1.82, 2.24) is 9.97 Å². The summed E-state index contributed by atoms with van der Waals surface area (Å²) in [4.78, 5) is 33.8. The molecule has 3 aromatic carbocycles. The number of hydrogen-bond donors (Lipinski definition) is 0. The molecule has 0 bridgehead atoms. The number of ketones is 1. The second-order valence-electron chi connectivity index (χ2n) is 7.14. The van der Waals surface area contributed by atoms with Crippen molar-refractivity contribution in [3.8, 4) is 11.3 Å². The van der Waals surface area contributed by atoms with Crippen molar-refractivity contribution in [2.45, 2.75) is 13.8 Å². The summed E-state index contributed by atoms with van der Waals surface area (Å²) in [6.07, 6.45) is 1.71. The predicted molar refractivity (Wildman–Crippen MR) is 116 cm³/mol. The first-order valence-electron chi connectivity index (χ1n) is 9.61. The molecule has 0 aliphatic rings. The average Bonchev–Trinajstić information content (AvgIpc) is 2.78. The van der Waals surface area contributed by atoms with Crippen LogP contribution >= 0.6 is 0 Å². The number of Topliss-reactive ketones (excluding diaryl/α,β-unsaturated/α-hetero) is 1. The molecule has 1 heterocycles. The van der Waals surface area contributed by atoms with Crippen molar-refractivity contribution in [2.24, 2.45) is 0 Å². The second kappa shape index (κ2) is 8.25. The molecule has 1 aromatic heterocycles. The highest BCUT2D eigenvalue weighted by Crippen LogP contribution is 2.20. The number of benzene rings is 3. The maximum atomic E-state index is 12.4. The molecule has 148 valence electrons. The van der Waals surface area contributed by atoms with E-state index in [1.165, 1.54) is 0 Å². The summed E-state index contributed by atoms with van der Waals surface area (Å²) in [5.41, 5.74) is 6.01. The van der Waals surface area contributed by atoms with E-state index in [1.54, 1.807) is 30.5 Å². The summed E-state index contributed by atoms with van der Waals surface area (Å²) in [7, 11) is 0. The number of carbonyl (C=O) groups is 2. The average molecular weight is 396 g/mol. The van der Waals surface area contributed by atoms with Gasteiger partial charge >= 0.3 is 5.97 Å². The zero-order valence-electron chi connectivity index (χ0n) is 16.8. The predicted octanol–water partition coefficient (Wildman–Crippen LogP) is 4.95. The number of hydrogen-bond acceptors (Lipinski definition) is 5. The summed E-state index contributed by atoms with van der Waals surface area (Å²) in [6.45, 7) is 3.49. The molecule has 0 N–H and O–H groups in total. The van der Waals surface area contributed by atoms with Crippen LogP contribution in [0.3, 0.4) is 0 Å². The number of rotatable bonds is 5. The molecule has 4 rings (SSSR count). The minimum absolute atomic E-state index is 0.215. The summed E-state index contributed by atoms with van der Waals surface area (Å²) in [5.74, 6) is -0.752. The highest BCUT2D eigenvalue weighted by molar-refractivity contribution is 6.00. The molecule has 0 aliphatic heterocycles. The Morgan fingerprint density at radius 3 is 2.40 bits per heavy atom. The lowest BCUT2D eigenvalue weighted by Crippen LogP contribution is -2.15. The Kier molecular flexibility index (Phi) is 5.35. The summed E-state index contributed by atoms with van der Waals surface area (Å²) >= 11 is 0. The lowest BCUT2D eigenvalue weighted by molar-refractivity contribution is 0.0474. The minimum atomic E-state index is -0.537. The highest BCUT2D eigenvalue weighted by atomic mass is 16.5. The van der Waals surface area contributed by atoms with Gasteiger partial charge in [-0.25, -0.2) is 9.78 Å². The van der Waals surface area contributed by atoms with Crippen molar-refractivity contribution in [1.29, 1.82) is 0 Å². The van der Waals surface area contributed by atoms with E-state index in [0.29, 0.717) is 11.1 Å².